The molecule has 0 aromatic heterocycles. The van der Waals surface area contributed by atoms with Crippen LogP contribution in [0.1, 0.15) is 18.5 Å². The van der Waals surface area contributed by atoms with Gasteiger partial charge in [-0.05, 0) is 30.7 Å². The van der Waals surface area contributed by atoms with E-state index in [1.807, 2.05) is 48.5 Å². The third-order valence-corrected chi connectivity index (χ3v) is 3.53. The van der Waals surface area contributed by atoms with Crippen molar-refractivity contribution in [1.29, 1.82) is 0 Å². The van der Waals surface area contributed by atoms with Gasteiger partial charge in [0.25, 0.3) is 0 Å². The molecule has 1 atom stereocenters. The van der Waals surface area contributed by atoms with Gasteiger partial charge in [-0.2, -0.15) is 0 Å². The molecular formula is C18H18ClNO2. The van der Waals surface area contributed by atoms with Gasteiger partial charge in [-0.1, -0.05) is 54.6 Å². The maximum atomic E-state index is 12.1. The summed E-state index contributed by atoms with van der Waals surface area (Å²) in [5.74, 6) is -0.434. The van der Waals surface area contributed by atoms with Gasteiger partial charge in [0.15, 0.2) is 0 Å². The molecule has 0 bridgehead atoms. The van der Waals surface area contributed by atoms with Crippen LogP contribution in [-0.2, 0) is 9.53 Å². The molecule has 2 rings (SSSR count). The van der Waals surface area contributed by atoms with E-state index >= 15 is 0 Å². The van der Waals surface area contributed by atoms with Gasteiger partial charge >= 0.3 is 5.97 Å². The fourth-order valence-electron chi connectivity index (χ4n) is 2.10. The van der Waals surface area contributed by atoms with Crippen molar-refractivity contribution in [2.24, 2.45) is 0 Å². The Morgan fingerprint density at radius 3 is 2.45 bits per heavy atom. The number of carbonyl (C=O) groups is 1. The summed E-state index contributed by atoms with van der Waals surface area (Å²) in [6.07, 6.45) is 0. The van der Waals surface area contributed by atoms with E-state index in [1.54, 1.807) is 13.0 Å². The summed E-state index contributed by atoms with van der Waals surface area (Å²) in [5, 5.41) is 3.86. The van der Waals surface area contributed by atoms with Gasteiger partial charge in [0.1, 0.15) is 0 Å². The number of benzene rings is 2. The van der Waals surface area contributed by atoms with Crippen LogP contribution in [0.5, 0.6) is 0 Å². The number of halogens is 1. The van der Waals surface area contributed by atoms with E-state index in [1.165, 1.54) is 0 Å². The molecule has 3 nitrogen and oxygen atoms in total. The molecule has 0 fully saturated rings. The van der Waals surface area contributed by atoms with Crippen molar-refractivity contribution in [3.05, 3.63) is 77.3 Å². The molecule has 2 aromatic carbocycles. The predicted molar refractivity (Wildman–Crippen MR) is 90.0 cm³/mol. The Labute approximate surface area is 135 Å². The molecule has 4 heteroatoms. The van der Waals surface area contributed by atoms with Crippen LogP contribution in [-0.4, -0.2) is 12.6 Å². The van der Waals surface area contributed by atoms with Crippen molar-refractivity contribution in [2.45, 2.75) is 13.0 Å². The van der Waals surface area contributed by atoms with E-state index in [4.69, 9.17) is 16.3 Å². The number of para-hydroxylation sites is 1. The van der Waals surface area contributed by atoms with Gasteiger partial charge in [0, 0.05) is 10.7 Å². The van der Waals surface area contributed by atoms with Crippen LogP contribution >= 0.6 is 11.6 Å². The van der Waals surface area contributed by atoms with Gasteiger partial charge in [-0.3, -0.25) is 0 Å². The monoisotopic (exact) mass is 315 g/mol. The molecule has 0 radical (unpaired) electrons. The van der Waals surface area contributed by atoms with Crippen LogP contribution in [0.4, 0.5) is 5.69 Å². The molecule has 0 aliphatic rings. The summed E-state index contributed by atoms with van der Waals surface area (Å²) in [4.78, 5) is 12.1. The molecule has 2 aromatic rings. The van der Waals surface area contributed by atoms with E-state index < -0.39 is 12.0 Å². The summed E-state index contributed by atoms with van der Waals surface area (Å²) >= 11 is 6.28. The van der Waals surface area contributed by atoms with Crippen molar-refractivity contribution in [1.82, 2.24) is 0 Å². The van der Waals surface area contributed by atoms with Crippen LogP contribution in [0.15, 0.2) is 66.7 Å². The molecule has 114 valence electrons. The average molecular weight is 316 g/mol. The number of esters is 1. The highest BCUT2D eigenvalue weighted by atomic mass is 35.5. The Hall–Kier alpha value is -2.26. The van der Waals surface area contributed by atoms with Crippen molar-refractivity contribution in [2.75, 3.05) is 11.9 Å². The highest BCUT2D eigenvalue weighted by Gasteiger charge is 2.23. The first-order valence-corrected chi connectivity index (χ1v) is 7.43. The molecule has 0 spiro atoms. The van der Waals surface area contributed by atoms with E-state index in [9.17, 15) is 4.79 Å². The summed E-state index contributed by atoms with van der Waals surface area (Å²) < 4.78 is 5.06. The second-order valence-corrected chi connectivity index (χ2v) is 5.12. The fraction of sp³-hybridized carbons (Fsp3) is 0.167. The zero-order chi connectivity index (χ0) is 15.9. The summed E-state index contributed by atoms with van der Waals surface area (Å²) in [5.41, 5.74) is 1.97. The second kappa shape index (κ2) is 7.66. The number of nitrogens with one attached hydrogen (secondary N) is 1. The molecular weight excluding hydrogens is 298 g/mol. The lowest BCUT2D eigenvalue weighted by Crippen LogP contribution is -2.20. The number of hydrogen-bond acceptors (Lipinski definition) is 3. The summed E-state index contributed by atoms with van der Waals surface area (Å²) in [6, 6.07) is 16.5. The van der Waals surface area contributed by atoms with Crippen LogP contribution in [0, 0.1) is 0 Å². The SMILES string of the molecule is C=C(C(=O)OCC)C(Nc1ccccc1)c1ccccc1Cl. The topological polar surface area (TPSA) is 38.3 Å². The lowest BCUT2D eigenvalue weighted by molar-refractivity contribution is -0.138. The van der Waals surface area contributed by atoms with Crippen molar-refractivity contribution in [3.8, 4) is 0 Å². The third-order valence-electron chi connectivity index (χ3n) is 3.19. The van der Waals surface area contributed by atoms with Gasteiger partial charge in [0.05, 0.1) is 18.2 Å². The van der Waals surface area contributed by atoms with Gasteiger partial charge < -0.3 is 10.1 Å². The largest absolute Gasteiger partial charge is 0.463 e. The standard InChI is InChI=1S/C18H18ClNO2/c1-3-22-18(21)13(2)17(15-11-7-8-12-16(15)19)20-14-9-5-4-6-10-14/h4-12,17,20H,2-3H2,1H3. The van der Waals surface area contributed by atoms with E-state index in [-0.39, 0.29) is 0 Å². The van der Waals surface area contributed by atoms with Gasteiger partial charge in [0.2, 0.25) is 0 Å². The molecule has 1 N–H and O–H groups in total. The van der Waals surface area contributed by atoms with Crippen LogP contribution < -0.4 is 5.32 Å². The zero-order valence-corrected chi connectivity index (χ0v) is 13.1. The van der Waals surface area contributed by atoms with Crippen molar-refractivity contribution >= 4 is 23.3 Å². The van der Waals surface area contributed by atoms with E-state index in [0.29, 0.717) is 17.2 Å². The quantitative estimate of drug-likeness (QED) is 0.625. The lowest BCUT2D eigenvalue weighted by atomic mass is 9.99. The Bertz CT molecular complexity index is 655. The van der Waals surface area contributed by atoms with Crippen molar-refractivity contribution in [3.63, 3.8) is 0 Å². The first-order chi connectivity index (χ1) is 10.6. The highest BCUT2D eigenvalue weighted by Crippen LogP contribution is 2.31. The molecule has 0 amide bonds. The highest BCUT2D eigenvalue weighted by molar-refractivity contribution is 6.31. The zero-order valence-electron chi connectivity index (χ0n) is 12.4. The number of ether oxygens (including phenoxy) is 1. The van der Waals surface area contributed by atoms with E-state index in [2.05, 4.69) is 11.9 Å². The second-order valence-electron chi connectivity index (χ2n) is 4.71. The first-order valence-electron chi connectivity index (χ1n) is 7.05. The fourth-order valence-corrected chi connectivity index (χ4v) is 2.35. The summed E-state index contributed by atoms with van der Waals surface area (Å²) in [6.45, 7) is 5.96. The molecule has 0 aliphatic heterocycles. The normalized spacial score (nSPS) is 11.5. The number of anilines is 1. The number of hydrogen-bond donors (Lipinski definition) is 1. The number of carbonyl (C=O) groups excluding carboxylic acids is 1. The van der Waals surface area contributed by atoms with Crippen LogP contribution in [0.25, 0.3) is 0 Å². The smallest absolute Gasteiger partial charge is 0.335 e. The Kier molecular flexibility index (Phi) is 5.61. The molecule has 1 unspecified atom stereocenters. The minimum Gasteiger partial charge on any atom is -0.463 e. The van der Waals surface area contributed by atoms with Crippen LogP contribution in [0.2, 0.25) is 5.02 Å². The average Bonchev–Trinajstić information content (AvgIpc) is 2.54. The lowest BCUT2D eigenvalue weighted by Gasteiger charge is -2.22. The van der Waals surface area contributed by atoms with Gasteiger partial charge in [-0.15, -0.1) is 0 Å². The predicted octanol–water partition coefficient (Wildman–Crippen LogP) is 4.61. The van der Waals surface area contributed by atoms with E-state index in [0.717, 1.165) is 11.3 Å². The maximum absolute atomic E-state index is 12.1. The third kappa shape index (κ3) is 3.89. The maximum Gasteiger partial charge on any atom is 0.335 e. The minimum atomic E-state index is -0.449. The molecule has 22 heavy (non-hydrogen) atoms. The molecule has 0 saturated heterocycles. The Balaban J connectivity index is 2.34. The molecule has 0 heterocycles. The molecule has 0 saturated carbocycles. The molecule has 0 aliphatic carbocycles. The van der Waals surface area contributed by atoms with Crippen LogP contribution in [0.3, 0.4) is 0 Å². The minimum absolute atomic E-state index is 0.304. The Morgan fingerprint density at radius 2 is 1.82 bits per heavy atom. The summed E-state index contributed by atoms with van der Waals surface area (Å²) in [7, 11) is 0. The first kappa shape index (κ1) is 16.1. The Morgan fingerprint density at radius 1 is 1.18 bits per heavy atom. The van der Waals surface area contributed by atoms with Crippen molar-refractivity contribution < 1.29 is 9.53 Å². The van der Waals surface area contributed by atoms with Gasteiger partial charge in [-0.25, -0.2) is 4.79 Å². The number of rotatable bonds is 6.